The van der Waals surface area contributed by atoms with E-state index in [9.17, 15) is 4.79 Å². The van der Waals surface area contributed by atoms with E-state index < -0.39 is 0 Å². The smallest absolute Gasteiger partial charge is 0.230 e. The number of amides is 1. The lowest BCUT2D eigenvalue weighted by molar-refractivity contribution is -0.118. The number of carbonyl (C=O) groups is 1. The van der Waals surface area contributed by atoms with Crippen LogP contribution in [0.3, 0.4) is 0 Å². The molecule has 0 saturated carbocycles. The van der Waals surface area contributed by atoms with Crippen molar-refractivity contribution in [3.8, 4) is 11.5 Å². The second kappa shape index (κ2) is 7.26. The Hall–Kier alpha value is -1.23. The average molecular weight is 316 g/mol. The van der Waals surface area contributed by atoms with Crippen molar-refractivity contribution >= 4 is 21.8 Å². The van der Waals surface area contributed by atoms with Gasteiger partial charge in [0.15, 0.2) is 11.5 Å². The van der Waals surface area contributed by atoms with Crippen molar-refractivity contribution in [3.05, 3.63) is 23.8 Å². The molecule has 0 fully saturated rings. The van der Waals surface area contributed by atoms with Crippen molar-refractivity contribution in [1.82, 2.24) is 5.32 Å². The van der Waals surface area contributed by atoms with Crippen LogP contribution in [0.4, 0.5) is 0 Å². The number of nitrogens with one attached hydrogen (secondary N) is 1. The highest BCUT2D eigenvalue weighted by atomic mass is 79.9. The third kappa shape index (κ3) is 4.56. The lowest BCUT2D eigenvalue weighted by atomic mass is 10.2. The average Bonchev–Trinajstić information content (AvgIpc) is 2.36. The normalized spacial score (nSPS) is 10.3. The minimum absolute atomic E-state index is 0.0449. The molecule has 0 saturated heterocycles. The molecule has 1 aromatic rings. The van der Waals surface area contributed by atoms with Crippen LogP contribution in [0.5, 0.6) is 11.5 Å². The monoisotopic (exact) mass is 315 g/mol. The summed E-state index contributed by atoms with van der Waals surface area (Å²) >= 11 is 3.10. The number of alkyl halides is 1. The van der Waals surface area contributed by atoms with Crippen molar-refractivity contribution < 1.29 is 14.3 Å². The Bertz CT molecular complexity index is 407. The fraction of sp³-hybridized carbons (Fsp3) is 0.462. The fourth-order valence-corrected chi connectivity index (χ4v) is 1.62. The molecule has 0 unspecified atom stereocenters. The van der Waals surface area contributed by atoms with E-state index in [-0.39, 0.29) is 12.0 Å². The van der Waals surface area contributed by atoms with E-state index in [2.05, 4.69) is 21.2 Å². The largest absolute Gasteiger partial charge is 0.493 e. The van der Waals surface area contributed by atoms with Crippen molar-refractivity contribution in [2.24, 2.45) is 0 Å². The molecule has 5 heteroatoms. The number of hydrogen-bond donors (Lipinski definition) is 1. The van der Waals surface area contributed by atoms with E-state index in [1.807, 2.05) is 32.0 Å². The molecule has 0 heterocycles. The number of rotatable bonds is 6. The molecule has 1 amide bonds. The Labute approximate surface area is 116 Å². The summed E-state index contributed by atoms with van der Waals surface area (Å²) in [4.78, 5) is 11.1. The molecule has 0 bridgehead atoms. The molecule has 1 aromatic carbocycles. The predicted molar refractivity (Wildman–Crippen MR) is 74.4 cm³/mol. The van der Waals surface area contributed by atoms with E-state index in [4.69, 9.17) is 9.47 Å². The molecule has 0 radical (unpaired) electrons. The Morgan fingerprint density at radius 2 is 2.11 bits per heavy atom. The maximum atomic E-state index is 11.1. The summed E-state index contributed by atoms with van der Waals surface area (Å²) in [5.74, 6) is 1.34. The van der Waals surface area contributed by atoms with E-state index in [1.165, 1.54) is 0 Å². The Morgan fingerprint density at radius 1 is 1.39 bits per heavy atom. The molecule has 4 nitrogen and oxygen atoms in total. The molecule has 100 valence electrons. The predicted octanol–water partition coefficient (Wildman–Crippen LogP) is 2.49. The first-order chi connectivity index (χ1) is 8.56. The van der Waals surface area contributed by atoms with E-state index in [1.54, 1.807) is 7.11 Å². The van der Waals surface area contributed by atoms with Crippen LogP contribution in [0.25, 0.3) is 0 Å². The number of halogens is 1. The van der Waals surface area contributed by atoms with Crippen molar-refractivity contribution in [2.75, 3.05) is 12.4 Å². The Balaban J connectivity index is 2.75. The summed E-state index contributed by atoms with van der Waals surface area (Å²) in [6, 6.07) is 5.63. The SMILES string of the molecule is COc1cc(CNC(=O)CBr)ccc1OC(C)C. The fourth-order valence-electron chi connectivity index (χ4n) is 1.42. The summed E-state index contributed by atoms with van der Waals surface area (Å²) in [5.41, 5.74) is 0.970. The van der Waals surface area contributed by atoms with Crippen LogP contribution in [-0.2, 0) is 11.3 Å². The quantitative estimate of drug-likeness (QED) is 0.820. The van der Waals surface area contributed by atoms with Crippen molar-refractivity contribution in [3.63, 3.8) is 0 Å². The lowest BCUT2D eigenvalue weighted by Crippen LogP contribution is -2.23. The van der Waals surface area contributed by atoms with Crippen LogP contribution in [0.2, 0.25) is 0 Å². The minimum atomic E-state index is -0.0449. The van der Waals surface area contributed by atoms with E-state index >= 15 is 0 Å². The molecular weight excluding hydrogens is 298 g/mol. The zero-order valence-electron chi connectivity index (χ0n) is 10.8. The first kappa shape index (κ1) is 14.8. The van der Waals surface area contributed by atoms with Crippen LogP contribution < -0.4 is 14.8 Å². The maximum Gasteiger partial charge on any atom is 0.230 e. The van der Waals surface area contributed by atoms with Crippen molar-refractivity contribution in [1.29, 1.82) is 0 Å². The second-order valence-electron chi connectivity index (χ2n) is 4.06. The van der Waals surface area contributed by atoms with Crippen LogP contribution in [0.15, 0.2) is 18.2 Å². The van der Waals surface area contributed by atoms with Crippen LogP contribution in [0, 0.1) is 0 Å². The molecule has 0 spiro atoms. The molecule has 0 atom stereocenters. The van der Waals surface area contributed by atoms with E-state index in [0.717, 1.165) is 5.56 Å². The second-order valence-corrected chi connectivity index (χ2v) is 4.62. The molecule has 0 aliphatic rings. The highest BCUT2D eigenvalue weighted by molar-refractivity contribution is 9.09. The zero-order chi connectivity index (χ0) is 13.5. The van der Waals surface area contributed by atoms with Gasteiger partial charge in [0.25, 0.3) is 0 Å². The number of ether oxygens (including phenoxy) is 2. The summed E-state index contributed by atoms with van der Waals surface area (Å²) in [5, 5.41) is 3.08. The number of carbonyl (C=O) groups excluding carboxylic acids is 1. The first-order valence-corrected chi connectivity index (χ1v) is 6.85. The van der Waals surface area contributed by atoms with Gasteiger partial charge in [-0.3, -0.25) is 4.79 Å². The lowest BCUT2D eigenvalue weighted by Gasteiger charge is -2.14. The van der Waals surface area contributed by atoms with Gasteiger partial charge in [-0.2, -0.15) is 0 Å². The summed E-state index contributed by atoms with van der Waals surface area (Å²) < 4.78 is 10.9. The topological polar surface area (TPSA) is 47.6 Å². The van der Waals surface area contributed by atoms with Gasteiger partial charge >= 0.3 is 0 Å². The molecule has 18 heavy (non-hydrogen) atoms. The van der Waals surface area contributed by atoms with Gasteiger partial charge in [-0.15, -0.1) is 0 Å². The van der Waals surface area contributed by atoms with Gasteiger partial charge < -0.3 is 14.8 Å². The molecule has 0 aliphatic carbocycles. The Kier molecular flexibility index (Phi) is 5.98. The van der Waals surface area contributed by atoms with E-state index in [0.29, 0.717) is 23.4 Å². The molecule has 1 N–H and O–H groups in total. The molecular formula is C13H18BrNO3. The Morgan fingerprint density at radius 3 is 2.67 bits per heavy atom. The molecule has 0 aliphatic heterocycles. The number of methoxy groups -OCH3 is 1. The minimum Gasteiger partial charge on any atom is -0.493 e. The zero-order valence-corrected chi connectivity index (χ0v) is 12.4. The van der Waals surface area contributed by atoms with Gasteiger partial charge in [-0.25, -0.2) is 0 Å². The van der Waals surface area contributed by atoms with Gasteiger partial charge in [0.1, 0.15) is 0 Å². The number of hydrogen-bond acceptors (Lipinski definition) is 3. The third-order valence-corrected chi connectivity index (χ3v) is 2.71. The highest BCUT2D eigenvalue weighted by Crippen LogP contribution is 2.28. The van der Waals surface area contributed by atoms with Gasteiger partial charge in [0.2, 0.25) is 5.91 Å². The summed E-state index contributed by atoms with van der Waals surface area (Å²) in [7, 11) is 1.60. The summed E-state index contributed by atoms with van der Waals surface area (Å²) in [6.45, 7) is 4.40. The first-order valence-electron chi connectivity index (χ1n) is 5.73. The number of benzene rings is 1. The van der Waals surface area contributed by atoms with Crippen LogP contribution in [0.1, 0.15) is 19.4 Å². The molecule has 1 rings (SSSR count). The third-order valence-electron chi connectivity index (χ3n) is 2.20. The van der Waals surface area contributed by atoms with Crippen molar-refractivity contribution in [2.45, 2.75) is 26.5 Å². The standard InChI is InChI=1S/C13H18BrNO3/c1-9(2)18-11-5-4-10(6-12(11)17-3)8-15-13(16)7-14/h4-6,9H,7-8H2,1-3H3,(H,15,16). The van der Waals surface area contributed by atoms with Gasteiger partial charge in [-0.1, -0.05) is 22.0 Å². The van der Waals surface area contributed by atoms with Crippen LogP contribution >= 0.6 is 15.9 Å². The maximum absolute atomic E-state index is 11.1. The summed E-state index contributed by atoms with van der Waals surface area (Å²) in [6.07, 6.45) is 0.0952. The van der Waals surface area contributed by atoms with Gasteiger partial charge in [-0.05, 0) is 31.5 Å². The van der Waals surface area contributed by atoms with Gasteiger partial charge in [0, 0.05) is 6.54 Å². The molecule has 0 aromatic heterocycles. The van der Waals surface area contributed by atoms with Gasteiger partial charge in [0.05, 0.1) is 18.5 Å². The van der Waals surface area contributed by atoms with Crippen LogP contribution in [-0.4, -0.2) is 24.5 Å². The highest BCUT2D eigenvalue weighted by Gasteiger charge is 2.08.